The van der Waals surface area contributed by atoms with Gasteiger partial charge in [-0.15, -0.1) is 0 Å². The minimum absolute atomic E-state index is 4.20. The minimum Gasteiger partial charge on any atom is -0.278 e. The van der Waals surface area contributed by atoms with Gasteiger partial charge < -0.3 is 0 Å². The molecule has 0 bridgehead atoms. The molecule has 0 aliphatic carbocycles. The lowest BCUT2D eigenvalue weighted by atomic mass is 10.00. The zero-order chi connectivity index (χ0) is 6.08. The molecule has 7 heavy (non-hydrogen) atoms. The Balaban J connectivity index is 3.54. The van der Waals surface area contributed by atoms with Gasteiger partial charge in [-0.05, 0) is 0 Å². The Morgan fingerprint density at radius 3 is 1.14 bits per heavy atom. The van der Waals surface area contributed by atoms with Crippen LogP contribution in [0.4, 0.5) is 21.8 Å². The molecule has 0 nitrogen and oxygen atoms in total. The van der Waals surface area contributed by atoms with Crippen molar-refractivity contribution in [1.29, 1.82) is 0 Å². The van der Waals surface area contributed by atoms with Crippen molar-refractivity contribution < 1.29 is 21.8 Å². The minimum atomic E-state index is -5.33. The number of halogens is 5. The zero-order valence-electron chi connectivity index (χ0n) is 2.97. The molecule has 0 atom stereocenters. The van der Waals surface area contributed by atoms with E-state index in [2.05, 4.69) is 0 Å². The smallest absolute Gasteiger partial charge is 0.278 e. The lowest BCUT2D eigenvalue weighted by Gasteiger charge is -1.96. The fraction of sp³-hybridized carbons (Fsp3) is 1.00. The summed E-state index contributed by atoms with van der Waals surface area (Å²) in [4.78, 5) is 0. The van der Waals surface area contributed by atoms with Crippen LogP contribution in [0.5, 0.6) is 0 Å². The Bertz CT molecular complexity index is 53.6. The lowest BCUT2D eigenvalue weighted by molar-refractivity contribution is -0.0651. The highest BCUT2D eigenvalue weighted by Crippen LogP contribution is 2.19. The van der Waals surface area contributed by atoms with Crippen LogP contribution in [-0.2, 0) is 0 Å². The van der Waals surface area contributed by atoms with Crippen molar-refractivity contribution in [3.8, 4) is 0 Å². The Hall–Kier alpha value is -0.285. The van der Waals surface area contributed by atoms with Crippen LogP contribution in [0.15, 0.2) is 0 Å². The predicted molar refractivity (Wildman–Crippen MR) is 14.0 cm³/mol. The molecule has 0 aromatic rings. The zero-order valence-corrected chi connectivity index (χ0v) is 2.97. The molecule has 42 valence electrons. The van der Waals surface area contributed by atoms with Gasteiger partial charge in [-0.3, -0.25) is 8.63 Å². The lowest BCUT2D eigenvalue weighted by Crippen LogP contribution is -2.24. The van der Waals surface area contributed by atoms with E-state index in [-0.39, 0.29) is 0 Å². The second-order valence-corrected chi connectivity index (χ2v) is 0.842. The molecule has 0 aromatic heterocycles. The van der Waals surface area contributed by atoms with E-state index in [9.17, 15) is 21.8 Å². The molecular weight excluding hydrogens is 118 g/mol. The van der Waals surface area contributed by atoms with Crippen LogP contribution in [0.25, 0.3) is 0 Å². The monoisotopic (exact) mass is 118 g/mol. The molecular formula is CBF5. The number of hydrogen-bond acceptors (Lipinski definition) is 0. The summed E-state index contributed by atoms with van der Waals surface area (Å²) in [5, 5.41) is 0. The molecule has 0 spiro atoms. The molecule has 0 unspecified atom stereocenters. The third kappa shape index (κ3) is 2.41. The highest BCUT2D eigenvalue weighted by Gasteiger charge is 2.47. The first-order valence-corrected chi connectivity index (χ1v) is 1.29. The summed E-state index contributed by atoms with van der Waals surface area (Å²) in [6.07, 6.45) is -5.33. The van der Waals surface area contributed by atoms with Crippen LogP contribution in [0, 0.1) is 0 Å². The number of alkyl halides is 3. The van der Waals surface area contributed by atoms with Crippen LogP contribution < -0.4 is 0 Å². The standard InChI is InChI=1S/CBF5/c3-1(4,5)2(6)7. The van der Waals surface area contributed by atoms with Crippen LogP contribution in [0.2, 0.25) is 0 Å². The second kappa shape index (κ2) is 1.67. The number of rotatable bonds is 0. The summed E-state index contributed by atoms with van der Waals surface area (Å²) in [5.74, 6) is 0. The van der Waals surface area contributed by atoms with Gasteiger partial charge in [-0.2, -0.15) is 13.2 Å². The summed E-state index contributed by atoms with van der Waals surface area (Å²) < 4.78 is 52.1. The average Bonchev–Trinajstić information content (AvgIpc) is 1.31. The second-order valence-electron chi connectivity index (χ2n) is 0.842. The van der Waals surface area contributed by atoms with Gasteiger partial charge in [0, 0.05) is 0 Å². The SMILES string of the molecule is FB(F)C(F)(F)F. The fourth-order valence-electron chi connectivity index (χ4n) is 0. The van der Waals surface area contributed by atoms with Crippen LogP contribution >= 0.6 is 0 Å². The molecule has 6 heteroatoms. The summed E-state index contributed by atoms with van der Waals surface area (Å²) >= 11 is 0. The van der Waals surface area contributed by atoms with Crippen LogP contribution in [-0.4, -0.2) is 13.3 Å². The first-order valence-electron chi connectivity index (χ1n) is 1.29. The molecule has 0 radical (unpaired) electrons. The Kier molecular flexibility index (Phi) is 1.60. The summed E-state index contributed by atoms with van der Waals surface area (Å²) in [5.41, 5.74) is 0. The summed E-state index contributed by atoms with van der Waals surface area (Å²) in [6, 6.07) is 0. The van der Waals surface area contributed by atoms with Gasteiger partial charge in [-0.1, -0.05) is 0 Å². The van der Waals surface area contributed by atoms with E-state index < -0.39 is 13.3 Å². The average molecular weight is 118 g/mol. The van der Waals surface area contributed by atoms with E-state index in [0.717, 1.165) is 0 Å². The van der Waals surface area contributed by atoms with Crippen molar-refractivity contribution in [3.05, 3.63) is 0 Å². The van der Waals surface area contributed by atoms with E-state index in [1.807, 2.05) is 0 Å². The van der Waals surface area contributed by atoms with Crippen molar-refractivity contribution in [2.75, 3.05) is 0 Å². The van der Waals surface area contributed by atoms with Crippen molar-refractivity contribution in [1.82, 2.24) is 0 Å². The van der Waals surface area contributed by atoms with E-state index in [1.165, 1.54) is 0 Å². The normalized spacial score (nSPS) is 11.6. The highest BCUT2D eigenvalue weighted by molar-refractivity contribution is 6.45. The molecule has 0 saturated heterocycles. The molecule has 0 fully saturated rings. The molecule has 0 aliphatic rings. The van der Waals surface area contributed by atoms with Crippen molar-refractivity contribution >= 4 is 7.27 Å². The third-order valence-electron chi connectivity index (χ3n) is 0.247. The van der Waals surface area contributed by atoms with Crippen molar-refractivity contribution in [2.45, 2.75) is 6.08 Å². The van der Waals surface area contributed by atoms with E-state index in [4.69, 9.17) is 0 Å². The van der Waals surface area contributed by atoms with Gasteiger partial charge >= 0.3 is 13.3 Å². The Morgan fingerprint density at radius 1 is 1.00 bits per heavy atom. The van der Waals surface area contributed by atoms with Gasteiger partial charge in [0.1, 0.15) is 0 Å². The number of hydrogen-bond donors (Lipinski definition) is 0. The Morgan fingerprint density at radius 2 is 1.14 bits per heavy atom. The molecule has 0 N–H and O–H groups in total. The fourth-order valence-corrected chi connectivity index (χ4v) is 0. The van der Waals surface area contributed by atoms with E-state index in [1.54, 1.807) is 0 Å². The Labute approximate surface area is 36.5 Å². The van der Waals surface area contributed by atoms with E-state index >= 15 is 0 Å². The molecule has 0 heterocycles. The maximum Gasteiger partial charge on any atom is 0.652 e. The van der Waals surface area contributed by atoms with Crippen molar-refractivity contribution in [3.63, 3.8) is 0 Å². The first kappa shape index (κ1) is 6.71. The first-order chi connectivity index (χ1) is 2.94. The van der Waals surface area contributed by atoms with Gasteiger partial charge in [-0.25, -0.2) is 0 Å². The topological polar surface area (TPSA) is 0 Å². The maximum atomic E-state index is 10.4. The molecule has 0 rings (SSSR count). The van der Waals surface area contributed by atoms with Gasteiger partial charge in [0.25, 0.3) is 0 Å². The maximum absolute atomic E-state index is 10.4. The molecule has 0 aromatic carbocycles. The molecule has 0 saturated carbocycles. The third-order valence-corrected chi connectivity index (χ3v) is 0.247. The summed E-state index contributed by atoms with van der Waals surface area (Å²) in [6.45, 7) is 0. The van der Waals surface area contributed by atoms with Gasteiger partial charge in [0.05, 0.1) is 0 Å². The predicted octanol–water partition coefficient (Wildman–Crippen LogP) is 1.52. The quantitative estimate of drug-likeness (QED) is 0.334. The van der Waals surface area contributed by atoms with Gasteiger partial charge in [0.15, 0.2) is 0 Å². The van der Waals surface area contributed by atoms with Crippen LogP contribution in [0.3, 0.4) is 0 Å². The largest absolute Gasteiger partial charge is 0.652 e. The highest BCUT2D eigenvalue weighted by atomic mass is 19.4. The van der Waals surface area contributed by atoms with Crippen molar-refractivity contribution in [2.24, 2.45) is 0 Å². The molecule has 0 aliphatic heterocycles. The molecule has 0 amide bonds. The van der Waals surface area contributed by atoms with Gasteiger partial charge in [0.2, 0.25) is 0 Å². The van der Waals surface area contributed by atoms with Crippen LogP contribution in [0.1, 0.15) is 0 Å². The summed E-state index contributed by atoms with van der Waals surface area (Å²) in [7, 11) is -4.20. The van der Waals surface area contributed by atoms with E-state index in [0.29, 0.717) is 0 Å².